The second-order valence-corrected chi connectivity index (χ2v) is 4.52. The number of hydrogen-bond acceptors (Lipinski definition) is 3. The van der Waals surface area contributed by atoms with Gasteiger partial charge in [-0.2, -0.15) is 0 Å². The second-order valence-electron chi connectivity index (χ2n) is 3.61. The topological polar surface area (TPSA) is 48.1 Å². The molecule has 4 heteroatoms. The second kappa shape index (κ2) is 5.29. The van der Waals surface area contributed by atoms with Gasteiger partial charge in [0.15, 0.2) is 0 Å². The highest BCUT2D eigenvalue weighted by Gasteiger charge is 2.06. The number of benzene rings is 1. The Balaban J connectivity index is 2.46. The number of aromatic nitrogens is 1. The van der Waals surface area contributed by atoms with Crippen molar-refractivity contribution in [3.63, 3.8) is 0 Å². The zero-order chi connectivity index (χ0) is 12.3. The minimum absolute atomic E-state index is 0.415. The quantitative estimate of drug-likeness (QED) is 0.946. The molecular formula is C13H13BrN2O. The summed E-state index contributed by atoms with van der Waals surface area (Å²) in [6.45, 7) is 0.415. The molecule has 0 radical (unpaired) electrons. The largest absolute Gasteiger partial charge is 0.481 e. The number of nitrogens with two attached hydrogens (primary N) is 1. The number of ether oxygens (including phenoxy) is 1. The van der Waals surface area contributed by atoms with Gasteiger partial charge in [-0.15, -0.1) is 0 Å². The third kappa shape index (κ3) is 2.65. The molecule has 0 bridgehead atoms. The van der Waals surface area contributed by atoms with Gasteiger partial charge in [-0.3, -0.25) is 0 Å². The predicted octanol–water partition coefficient (Wildman–Crippen LogP) is 2.98. The van der Waals surface area contributed by atoms with E-state index in [4.69, 9.17) is 10.5 Å². The van der Waals surface area contributed by atoms with Crippen LogP contribution in [0.2, 0.25) is 0 Å². The van der Waals surface area contributed by atoms with Gasteiger partial charge < -0.3 is 10.5 Å². The number of pyridine rings is 1. The fourth-order valence-electron chi connectivity index (χ4n) is 1.65. The molecule has 0 saturated carbocycles. The minimum Gasteiger partial charge on any atom is -0.481 e. The molecule has 0 aliphatic carbocycles. The first-order valence-electron chi connectivity index (χ1n) is 5.23. The number of hydrogen-bond donors (Lipinski definition) is 1. The van der Waals surface area contributed by atoms with Gasteiger partial charge in [-0.05, 0) is 23.8 Å². The van der Waals surface area contributed by atoms with Crippen LogP contribution in [0.4, 0.5) is 0 Å². The van der Waals surface area contributed by atoms with Gasteiger partial charge in [0.2, 0.25) is 5.88 Å². The number of rotatable bonds is 3. The Bertz CT molecular complexity index is 529. The molecule has 88 valence electrons. The molecule has 0 spiro atoms. The number of nitrogens with zero attached hydrogens (tertiary/aromatic N) is 1. The molecular weight excluding hydrogens is 280 g/mol. The lowest BCUT2D eigenvalue weighted by molar-refractivity contribution is 0.393. The van der Waals surface area contributed by atoms with E-state index in [-0.39, 0.29) is 0 Å². The summed E-state index contributed by atoms with van der Waals surface area (Å²) in [7, 11) is 1.60. The summed E-state index contributed by atoms with van der Waals surface area (Å²) >= 11 is 3.45. The van der Waals surface area contributed by atoms with Crippen LogP contribution in [0.1, 0.15) is 5.56 Å². The van der Waals surface area contributed by atoms with Crippen molar-refractivity contribution in [3.8, 4) is 17.0 Å². The summed E-state index contributed by atoms with van der Waals surface area (Å²) < 4.78 is 6.19. The van der Waals surface area contributed by atoms with Crippen molar-refractivity contribution in [1.29, 1.82) is 0 Å². The van der Waals surface area contributed by atoms with Crippen LogP contribution in [0.3, 0.4) is 0 Å². The Kier molecular flexibility index (Phi) is 3.76. The van der Waals surface area contributed by atoms with Gasteiger partial charge in [0.05, 0.1) is 7.11 Å². The van der Waals surface area contributed by atoms with Crippen molar-refractivity contribution < 1.29 is 4.74 Å². The van der Waals surface area contributed by atoms with E-state index in [0.29, 0.717) is 12.4 Å². The summed E-state index contributed by atoms with van der Waals surface area (Å²) in [5.74, 6) is 0.589. The Morgan fingerprint density at radius 2 is 2.12 bits per heavy atom. The van der Waals surface area contributed by atoms with Gasteiger partial charge in [0.25, 0.3) is 0 Å². The van der Waals surface area contributed by atoms with E-state index in [0.717, 1.165) is 21.2 Å². The van der Waals surface area contributed by atoms with E-state index in [2.05, 4.69) is 20.9 Å². The Hall–Kier alpha value is -1.39. The molecule has 0 aliphatic rings. The van der Waals surface area contributed by atoms with E-state index < -0.39 is 0 Å². The average molecular weight is 293 g/mol. The maximum atomic E-state index is 5.67. The van der Waals surface area contributed by atoms with Gasteiger partial charge in [-0.25, -0.2) is 4.98 Å². The van der Waals surface area contributed by atoms with Crippen molar-refractivity contribution >= 4 is 15.9 Å². The predicted molar refractivity (Wildman–Crippen MR) is 71.8 cm³/mol. The van der Waals surface area contributed by atoms with Gasteiger partial charge in [0.1, 0.15) is 0 Å². The van der Waals surface area contributed by atoms with E-state index >= 15 is 0 Å². The summed E-state index contributed by atoms with van der Waals surface area (Å²) in [6, 6.07) is 10.1. The molecule has 17 heavy (non-hydrogen) atoms. The minimum atomic E-state index is 0.415. The Morgan fingerprint density at radius 1 is 1.29 bits per heavy atom. The van der Waals surface area contributed by atoms with E-state index in [1.54, 1.807) is 13.3 Å². The van der Waals surface area contributed by atoms with Crippen LogP contribution in [0.5, 0.6) is 5.88 Å². The summed E-state index contributed by atoms with van der Waals surface area (Å²) in [5, 5.41) is 0. The first kappa shape index (κ1) is 12.1. The molecule has 1 aromatic carbocycles. The Morgan fingerprint density at radius 3 is 2.76 bits per heavy atom. The highest BCUT2D eigenvalue weighted by Crippen LogP contribution is 2.26. The fourth-order valence-corrected chi connectivity index (χ4v) is 2.05. The van der Waals surface area contributed by atoms with E-state index in [1.165, 1.54) is 0 Å². The highest BCUT2D eigenvalue weighted by atomic mass is 79.9. The van der Waals surface area contributed by atoms with Crippen LogP contribution >= 0.6 is 15.9 Å². The molecule has 0 saturated heterocycles. The maximum Gasteiger partial charge on any atom is 0.217 e. The molecule has 0 fully saturated rings. The molecule has 0 amide bonds. The molecule has 0 atom stereocenters. The van der Waals surface area contributed by atoms with Crippen LogP contribution in [0, 0.1) is 0 Å². The molecule has 2 aromatic rings. The first-order chi connectivity index (χ1) is 8.24. The van der Waals surface area contributed by atoms with E-state index in [1.807, 2.05) is 30.3 Å². The number of halogens is 1. The monoisotopic (exact) mass is 292 g/mol. The molecule has 1 aromatic heterocycles. The number of methoxy groups -OCH3 is 1. The summed E-state index contributed by atoms with van der Waals surface area (Å²) in [4.78, 5) is 4.26. The zero-order valence-corrected chi connectivity index (χ0v) is 11.1. The maximum absolute atomic E-state index is 5.67. The van der Waals surface area contributed by atoms with Crippen LogP contribution in [0.15, 0.2) is 41.0 Å². The third-order valence-corrected chi connectivity index (χ3v) is 2.99. The van der Waals surface area contributed by atoms with Gasteiger partial charge >= 0.3 is 0 Å². The van der Waals surface area contributed by atoms with E-state index in [9.17, 15) is 0 Å². The van der Waals surface area contributed by atoms with Gasteiger partial charge in [0, 0.05) is 28.3 Å². The van der Waals surface area contributed by atoms with Crippen molar-refractivity contribution in [2.24, 2.45) is 5.73 Å². The first-order valence-corrected chi connectivity index (χ1v) is 6.03. The van der Waals surface area contributed by atoms with Crippen molar-refractivity contribution in [3.05, 3.63) is 46.6 Å². The van der Waals surface area contributed by atoms with Crippen molar-refractivity contribution in [2.45, 2.75) is 6.54 Å². The Labute approximate surface area is 109 Å². The van der Waals surface area contributed by atoms with Crippen molar-refractivity contribution in [2.75, 3.05) is 7.11 Å². The molecule has 1 heterocycles. The standard InChI is InChI=1S/C13H13BrN2O/c1-17-13-10(7-15)5-11(8-16-13)9-3-2-4-12(14)6-9/h2-6,8H,7,15H2,1H3. The van der Waals surface area contributed by atoms with Gasteiger partial charge in [-0.1, -0.05) is 28.1 Å². The molecule has 0 aliphatic heterocycles. The normalized spacial score (nSPS) is 10.3. The van der Waals surface area contributed by atoms with Crippen molar-refractivity contribution in [1.82, 2.24) is 4.98 Å². The SMILES string of the molecule is COc1ncc(-c2cccc(Br)c2)cc1CN. The smallest absolute Gasteiger partial charge is 0.217 e. The third-order valence-electron chi connectivity index (χ3n) is 2.50. The lowest BCUT2D eigenvalue weighted by Crippen LogP contribution is -2.01. The van der Waals surface area contributed by atoms with Crippen LogP contribution in [-0.2, 0) is 6.54 Å². The lowest BCUT2D eigenvalue weighted by atomic mass is 10.1. The van der Waals surface area contributed by atoms with Crippen LogP contribution in [-0.4, -0.2) is 12.1 Å². The lowest BCUT2D eigenvalue weighted by Gasteiger charge is -2.08. The summed E-state index contributed by atoms with van der Waals surface area (Å²) in [5.41, 5.74) is 8.72. The molecule has 2 N–H and O–H groups in total. The zero-order valence-electron chi connectivity index (χ0n) is 9.48. The fraction of sp³-hybridized carbons (Fsp3) is 0.154. The molecule has 2 rings (SSSR count). The highest BCUT2D eigenvalue weighted by molar-refractivity contribution is 9.10. The summed E-state index contributed by atoms with van der Waals surface area (Å²) in [6.07, 6.45) is 1.79. The molecule has 3 nitrogen and oxygen atoms in total. The average Bonchev–Trinajstić information content (AvgIpc) is 2.38. The molecule has 0 unspecified atom stereocenters. The van der Waals surface area contributed by atoms with Crippen LogP contribution < -0.4 is 10.5 Å². The van der Waals surface area contributed by atoms with Crippen LogP contribution in [0.25, 0.3) is 11.1 Å².